The fourth-order valence-corrected chi connectivity index (χ4v) is 9.31. The zero-order valence-corrected chi connectivity index (χ0v) is 21.9. The first-order chi connectivity index (χ1) is 16.4. The summed E-state index contributed by atoms with van der Waals surface area (Å²) in [6.07, 6.45) is 7.03. The van der Waals surface area contributed by atoms with Gasteiger partial charge in [0.1, 0.15) is 23.2 Å². The molecule has 0 N–H and O–H groups in total. The number of hydrogen-bond acceptors (Lipinski definition) is 0. The highest BCUT2D eigenvalue weighted by Crippen LogP contribution is 2.55. The molecule has 0 heterocycles. The SMILES string of the molecule is CC(C#CC1=C(C)CCCC1(C)C)=CC[P+](c1ccccc1)(c1ccccc1)c1ccccc1. The maximum atomic E-state index is 3.59. The van der Waals surface area contributed by atoms with Crippen molar-refractivity contribution >= 4 is 23.2 Å². The Morgan fingerprint density at radius 2 is 1.29 bits per heavy atom. The number of hydrogen-bond donors (Lipinski definition) is 0. The summed E-state index contributed by atoms with van der Waals surface area (Å²) >= 11 is 0. The zero-order valence-electron chi connectivity index (χ0n) is 21.0. The lowest BCUT2D eigenvalue weighted by Crippen LogP contribution is -2.33. The van der Waals surface area contributed by atoms with Crippen molar-refractivity contribution in [2.75, 3.05) is 6.16 Å². The minimum Gasteiger partial charge on any atom is -0.0669 e. The predicted molar refractivity (Wildman–Crippen MR) is 152 cm³/mol. The summed E-state index contributed by atoms with van der Waals surface area (Å²) in [6, 6.07) is 33.2. The second kappa shape index (κ2) is 10.6. The van der Waals surface area contributed by atoms with E-state index in [0.717, 1.165) is 11.7 Å². The van der Waals surface area contributed by atoms with Crippen molar-refractivity contribution in [3.8, 4) is 11.8 Å². The van der Waals surface area contributed by atoms with Crippen LogP contribution in [0.4, 0.5) is 0 Å². The van der Waals surface area contributed by atoms with Gasteiger partial charge in [-0.15, -0.1) is 0 Å². The van der Waals surface area contributed by atoms with E-state index in [9.17, 15) is 0 Å². The first-order valence-corrected chi connectivity index (χ1v) is 14.3. The normalized spacial score (nSPS) is 16.1. The number of allylic oxidation sites excluding steroid dienone is 4. The molecule has 0 nitrogen and oxygen atoms in total. The standard InChI is InChI=1S/C33H36P/c1-27(22-23-32-28(2)15-14-25-33(32,3)4)24-26-34(29-16-8-5-9-17-29,30-18-10-6-11-19-30)31-20-12-7-13-21-31/h5-13,16-21,24H,14-15,25-26H2,1-4H3/q+1. The van der Waals surface area contributed by atoms with Gasteiger partial charge < -0.3 is 0 Å². The Morgan fingerprint density at radius 1 is 0.824 bits per heavy atom. The lowest BCUT2D eigenvalue weighted by Gasteiger charge is -2.31. The molecule has 3 aromatic carbocycles. The van der Waals surface area contributed by atoms with Gasteiger partial charge in [0, 0.05) is 5.57 Å². The smallest absolute Gasteiger partial charge is 0.0669 e. The first kappa shape index (κ1) is 24.3. The molecule has 0 saturated heterocycles. The minimum absolute atomic E-state index is 0.185. The van der Waals surface area contributed by atoms with Crippen LogP contribution in [-0.4, -0.2) is 6.16 Å². The van der Waals surface area contributed by atoms with E-state index < -0.39 is 7.26 Å². The molecule has 0 radical (unpaired) electrons. The van der Waals surface area contributed by atoms with E-state index in [1.54, 1.807) is 0 Å². The third kappa shape index (κ3) is 5.12. The van der Waals surface area contributed by atoms with Crippen LogP contribution < -0.4 is 15.9 Å². The molecule has 3 aromatic rings. The lowest BCUT2D eigenvalue weighted by atomic mass is 9.73. The van der Waals surface area contributed by atoms with Gasteiger partial charge in [0.05, 0.1) is 6.16 Å². The van der Waals surface area contributed by atoms with E-state index in [2.05, 4.69) is 137 Å². The van der Waals surface area contributed by atoms with Crippen molar-refractivity contribution < 1.29 is 0 Å². The van der Waals surface area contributed by atoms with E-state index in [1.807, 2.05) is 0 Å². The molecule has 0 aliphatic heterocycles. The molecule has 0 atom stereocenters. The third-order valence-corrected chi connectivity index (χ3v) is 11.4. The Balaban J connectivity index is 1.80. The van der Waals surface area contributed by atoms with E-state index in [-0.39, 0.29) is 5.41 Å². The van der Waals surface area contributed by atoms with Crippen molar-refractivity contribution in [3.63, 3.8) is 0 Å². The highest BCUT2D eigenvalue weighted by molar-refractivity contribution is 7.95. The summed E-state index contributed by atoms with van der Waals surface area (Å²) in [5, 5.41) is 4.24. The summed E-state index contributed by atoms with van der Waals surface area (Å²) in [5.41, 5.74) is 4.16. The van der Waals surface area contributed by atoms with Gasteiger partial charge in [-0.25, -0.2) is 0 Å². The summed E-state index contributed by atoms with van der Waals surface area (Å²) in [7, 11) is -1.86. The first-order valence-electron chi connectivity index (χ1n) is 12.4. The van der Waals surface area contributed by atoms with Crippen molar-refractivity contribution in [2.45, 2.75) is 47.0 Å². The van der Waals surface area contributed by atoms with E-state index in [1.165, 1.54) is 46.3 Å². The van der Waals surface area contributed by atoms with Crippen LogP contribution in [0.15, 0.2) is 114 Å². The maximum absolute atomic E-state index is 3.59. The van der Waals surface area contributed by atoms with Gasteiger partial charge in [-0.2, -0.15) is 0 Å². The van der Waals surface area contributed by atoms with Gasteiger partial charge in [0.25, 0.3) is 0 Å². The van der Waals surface area contributed by atoms with Gasteiger partial charge in [-0.1, -0.05) is 85.9 Å². The van der Waals surface area contributed by atoms with Gasteiger partial charge >= 0.3 is 0 Å². The van der Waals surface area contributed by atoms with Crippen LogP contribution in [0.3, 0.4) is 0 Å². The highest BCUT2D eigenvalue weighted by Gasteiger charge is 2.44. The Kier molecular flexibility index (Phi) is 7.56. The summed E-state index contributed by atoms with van der Waals surface area (Å²) in [5.74, 6) is 7.13. The fraction of sp³-hybridized carbons (Fsp3) is 0.273. The second-order valence-corrected chi connectivity index (χ2v) is 13.6. The summed E-state index contributed by atoms with van der Waals surface area (Å²) in [6.45, 7) is 9.13. The monoisotopic (exact) mass is 463 g/mol. The molecule has 1 aliphatic rings. The Hall–Kier alpha value is -2.87. The van der Waals surface area contributed by atoms with Gasteiger partial charge in [0.15, 0.2) is 0 Å². The molecule has 0 bridgehead atoms. The molecule has 0 amide bonds. The molecule has 172 valence electrons. The average Bonchev–Trinajstić information content (AvgIpc) is 2.86. The van der Waals surface area contributed by atoms with Crippen LogP contribution in [-0.2, 0) is 0 Å². The number of benzene rings is 3. The second-order valence-electron chi connectivity index (χ2n) is 10.0. The van der Waals surface area contributed by atoms with E-state index in [4.69, 9.17) is 0 Å². The fourth-order valence-electron chi connectivity index (χ4n) is 5.20. The molecule has 0 aromatic heterocycles. The summed E-state index contributed by atoms with van der Waals surface area (Å²) < 4.78 is 0. The molecule has 34 heavy (non-hydrogen) atoms. The molecule has 1 heteroatoms. The Morgan fingerprint density at radius 3 is 1.74 bits per heavy atom. The number of rotatable bonds is 5. The van der Waals surface area contributed by atoms with Crippen molar-refractivity contribution in [1.29, 1.82) is 0 Å². The summed E-state index contributed by atoms with van der Waals surface area (Å²) in [4.78, 5) is 0. The predicted octanol–water partition coefficient (Wildman–Crippen LogP) is 7.46. The topological polar surface area (TPSA) is 0 Å². The van der Waals surface area contributed by atoms with E-state index in [0.29, 0.717) is 0 Å². The molecule has 0 saturated carbocycles. The molecule has 0 unspecified atom stereocenters. The van der Waals surface area contributed by atoms with Crippen LogP contribution in [0.5, 0.6) is 0 Å². The van der Waals surface area contributed by atoms with Crippen LogP contribution in [0, 0.1) is 17.3 Å². The largest absolute Gasteiger partial charge is 0.116 e. The maximum Gasteiger partial charge on any atom is 0.116 e. The molecular weight excluding hydrogens is 427 g/mol. The molecule has 0 fully saturated rings. The molecule has 4 rings (SSSR count). The lowest BCUT2D eigenvalue weighted by molar-refractivity contribution is 0.380. The van der Waals surface area contributed by atoms with Crippen LogP contribution >= 0.6 is 7.26 Å². The molecular formula is C33H36P+. The minimum atomic E-state index is -1.86. The highest BCUT2D eigenvalue weighted by atomic mass is 31.2. The third-order valence-electron chi connectivity index (χ3n) is 7.10. The van der Waals surface area contributed by atoms with E-state index >= 15 is 0 Å². The average molecular weight is 464 g/mol. The van der Waals surface area contributed by atoms with Crippen LogP contribution in [0.2, 0.25) is 0 Å². The van der Waals surface area contributed by atoms with Gasteiger partial charge in [0.2, 0.25) is 0 Å². The van der Waals surface area contributed by atoms with Crippen molar-refractivity contribution in [3.05, 3.63) is 114 Å². The van der Waals surface area contributed by atoms with Gasteiger partial charge in [-0.3, -0.25) is 0 Å². The quantitative estimate of drug-likeness (QED) is 0.272. The van der Waals surface area contributed by atoms with Crippen molar-refractivity contribution in [1.82, 2.24) is 0 Å². The van der Waals surface area contributed by atoms with Gasteiger partial charge in [-0.05, 0) is 86.6 Å². The van der Waals surface area contributed by atoms with Crippen molar-refractivity contribution in [2.24, 2.45) is 5.41 Å². The molecule has 1 aliphatic carbocycles. The van der Waals surface area contributed by atoms with Crippen LogP contribution in [0.25, 0.3) is 0 Å². The Bertz CT molecular complexity index is 1120. The molecule has 0 spiro atoms. The Labute approximate surface area is 207 Å². The van der Waals surface area contributed by atoms with Crippen LogP contribution in [0.1, 0.15) is 47.0 Å². The zero-order chi connectivity index (χ0) is 24.0.